The SMILES string of the molecule is Cc1ccc(-c2ccc(SCC(=O)Nc3ccc4c(c3)OCCO4)nn2)cc1C. The monoisotopic (exact) mass is 407 g/mol. The Balaban J connectivity index is 1.34. The highest BCUT2D eigenvalue weighted by molar-refractivity contribution is 7.99. The van der Waals surface area contributed by atoms with Crippen molar-refractivity contribution in [3.05, 3.63) is 59.7 Å². The molecule has 1 aromatic heterocycles. The van der Waals surface area contributed by atoms with Crippen LogP contribution in [0.5, 0.6) is 11.5 Å². The van der Waals surface area contributed by atoms with Crippen LogP contribution in [0.2, 0.25) is 0 Å². The molecule has 0 saturated heterocycles. The highest BCUT2D eigenvalue weighted by Crippen LogP contribution is 2.32. The van der Waals surface area contributed by atoms with Crippen LogP contribution in [0.25, 0.3) is 11.3 Å². The first-order valence-corrected chi connectivity index (χ1v) is 10.3. The summed E-state index contributed by atoms with van der Waals surface area (Å²) in [4.78, 5) is 12.3. The number of carbonyl (C=O) groups is 1. The van der Waals surface area contributed by atoms with Gasteiger partial charge in [-0.3, -0.25) is 4.79 Å². The number of aryl methyl sites for hydroxylation is 2. The third kappa shape index (κ3) is 4.68. The number of ether oxygens (including phenoxy) is 2. The van der Waals surface area contributed by atoms with Crippen molar-refractivity contribution in [3.63, 3.8) is 0 Å². The molecule has 148 valence electrons. The van der Waals surface area contributed by atoms with E-state index in [9.17, 15) is 4.79 Å². The van der Waals surface area contributed by atoms with Gasteiger partial charge < -0.3 is 14.8 Å². The van der Waals surface area contributed by atoms with Gasteiger partial charge in [-0.2, -0.15) is 0 Å². The fraction of sp³-hybridized carbons (Fsp3) is 0.227. The first kappa shape index (κ1) is 19.3. The zero-order valence-corrected chi connectivity index (χ0v) is 17.1. The molecule has 2 aromatic carbocycles. The molecule has 0 aliphatic carbocycles. The van der Waals surface area contributed by atoms with Gasteiger partial charge in [0.15, 0.2) is 11.5 Å². The number of thioether (sulfide) groups is 1. The minimum atomic E-state index is -0.119. The second-order valence-corrected chi connectivity index (χ2v) is 7.75. The van der Waals surface area contributed by atoms with E-state index < -0.39 is 0 Å². The van der Waals surface area contributed by atoms with Crippen LogP contribution in [-0.2, 0) is 4.79 Å². The quantitative estimate of drug-likeness (QED) is 0.637. The van der Waals surface area contributed by atoms with E-state index in [0.717, 1.165) is 11.3 Å². The second-order valence-electron chi connectivity index (χ2n) is 6.75. The summed E-state index contributed by atoms with van der Waals surface area (Å²) in [5.74, 6) is 1.47. The molecule has 1 aliphatic rings. The number of amides is 1. The van der Waals surface area contributed by atoms with Crippen LogP contribution in [0.15, 0.2) is 53.6 Å². The molecule has 0 unspecified atom stereocenters. The average Bonchev–Trinajstić information content (AvgIpc) is 2.74. The molecule has 4 rings (SSSR count). The number of fused-ring (bicyclic) bond motifs is 1. The largest absolute Gasteiger partial charge is 0.486 e. The summed E-state index contributed by atoms with van der Waals surface area (Å²) >= 11 is 1.34. The van der Waals surface area contributed by atoms with Crippen molar-refractivity contribution in [2.24, 2.45) is 0 Å². The fourth-order valence-electron chi connectivity index (χ4n) is 2.91. The van der Waals surface area contributed by atoms with Crippen molar-refractivity contribution in [3.8, 4) is 22.8 Å². The molecule has 2 heterocycles. The van der Waals surface area contributed by atoms with Gasteiger partial charge in [0.1, 0.15) is 18.2 Å². The van der Waals surface area contributed by atoms with Crippen LogP contribution in [0, 0.1) is 13.8 Å². The van der Waals surface area contributed by atoms with Gasteiger partial charge >= 0.3 is 0 Å². The maximum Gasteiger partial charge on any atom is 0.234 e. The summed E-state index contributed by atoms with van der Waals surface area (Å²) in [5.41, 5.74) is 5.00. The molecular formula is C22H21N3O3S. The molecule has 0 bridgehead atoms. The Morgan fingerprint density at radius 1 is 0.966 bits per heavy atom. The Labute approximate surface area is 173 Å². The van der Waals surface area contributed by atoms with Gasteiger partial charge in [-0.25, -0.2) is 0 Å². The lowest BCUT2D eigenvalue weighted by atomic mass is 10.0. The van der Waals surface area contributed by atoms with E-state index in [4.69, 9.17) is 9.47 Å². The highest BCUT2D eigenvalue weighted by atomic mass is 32.2. The van der Waals surface area contributed by atoms with Crippen molar-refractivity contribution >= 4 is 23.4 Å². The van der Waals surface area contributed by atoms with Crippen LogP contribution < -0.4 is 14.8 Å². The van der Waals surface area contributed by atoms with E-state index in [1.165, 1.54) is 22.9 Å². The van der Waals surface area contributed by atoms with Crippen LogP contribution in [0.3, 0.4) is 0 Å². The zero-order chi connectivity index (χ0) is 20.2. The van der Waals surface area contributed by atoms with Crippen LogP contribution in [0.4, 0.5) is 5.69 Å². The molecule has 3 aromatic rings. The molecule has 0 radical (unpaired) electrons. The lowest BCUT2D eigenvalue weighted by molar-refractivity contribution is -0.113. The van der Waals surface area contributed by atoms with Gasteiger partial charge in [0, 0.05) is 17.3 Å². The standard InChI is InChI=1S/C22H21N3O3S/c1-14-3-4-16(11-15(14)2)18-6-8-22(25-24-18)29-13-21(26)23-17-5-7-19-20(12-17)28-10-9-27-19/h3-8,11-12H,9-10,13H2,1-2H3,(H,23,26). The van der Waals surface area contributed by atoms with E-state index in [1.807, 2.05) is 18.2 Å². The van der Waals surface area contributed by atoms with E-state index >= 15 is 0 Å². The summed E-state index contributed by atoms with van der Waals surface area (Å²) in [5, 5.41) is 12.1. The number of carbonyl (C=O) groups excluding carboxylic acids is 1. The number of anilines is 1. The van der Waals surface area contributed by atoms with E-state index in [0.29, 0.717) is 35.4 Å². The predicted octanol–water partition coefficient (Wildman–Crippen LogP) is 4.26. The van der Waals surface area contributed by atoms with Crippen molar-refractivity contribution in [2.45, 2.75) is 18.9 Å². The summed E-state index contributed by atoms with van der Waals surface area (Å²) < 4.78 is 11.0. The number of hydrogen-bond donors (Lipinski definition) is 1. The molecule has 29 heavy (non-hydrogen) atoms. The Morgan fingerprint density at radius 2 is 1.79 bits per heavy atom. The maximum absolute atomic E-state index is 12.3. The Kier molecular flexibility index (Phi) is 5.67. The molecule has 0 atom stereocenters. The topological polar surface area (TPSA) is 73.3 Å². The summed E-state index contributed by atoms with van der Waals surface area (Å²) in [6.45, 7) is 5.22. The molecule has 1 aliphatic heterocycles. The zero-order valence-electron chi connectivity index (χ0n) is 16.3. The molecule has 0 spiro atoms. The van der Waals surface area contributed by atoms with Crippen molar-refractivity contribution in [2.75, 3.05) is 24.3 Å². The van der Waals surface area contributed by atoms with Gasteiger partial charge in [-0.15, -0.1) is 10.2 Å². The van der Waals surface area contributed by atoms with E-state index in [1.54, 1.807) is 18.2 Å². The first-order valence-electron chi connectivity index (χ1n) is 9.32. The third-order valence-corrected chi connectivity index (χ3v) is 5.54. The first-order chi connectivity index (χ1) is 14.1. The average molecular weight is 407 g/mol. The maximum atomic E-state index is 12.3. The summed E-state index contributed by atoms with van der Waals surface area (Å²) in [7, 11) is 0. The van der Waals surface area contributed by atoms with Crippen molar-refractivity contribution < 1.29 is 14.3 Å². The van der Waals surface area contributed by atoms with Gasteiger partial charge in [0.05, 0.1) is 11.4 Å². The Hall–Kier alpha value is -3.06. The third-order valence-electron chi connectivity index (χ3n) is 4.62. The number of nitrogens with zero attached hydrogens (tertiary/aromatic N) is 2. The summed E-state index contributed by atoms with van der Waals surface area (Å²) in [6, 6.07) is 15.4. The molecule has 0 fully saturated rings. The molecule has 1 N–H and O–H groups in total. The van der Waals surface area contributed by atoms with E-state index in [2.05, 4.69) is 41.5 Å². The smallest absolute Gasteiger partial charge is 0.234 e. The van der Waals surface area contributed by atoms with Gasteiger partial charge in [-0.05, 0) is 55.3 Å². The number of nitrogens with one attached hydrogen (secondary N) is 1. The summed E-state index contributed by atoms with van der Waals surface area (Å²) in [6.07, 6.45) is 0. The molecule has 6 nitrogen and oxygen atoms in total. The molecule has 7 heteroatoms. The molecule has 1 amide bonds. The second kappa shape index (κ2) is 8.53. The molecular weight excluding hydrogens is 386 g/mol. The number of benzene rings is 2. The van der Waals surface area contributed by atoms with E-state index in [-0.39, 0.29) is 11.7 Å². The number of rotatable bonds is 5. The lowest BCUT2D eigenvalue weighted by Gasteiger charge is -2.18. The van der Waals surface area contributed by atoms with Crippen molar-refractivity contribution in [1.29, 1.82) is 0 Å². The predicted molar refractivity (Wildman–Crippen MR) is 114 cm³/mol. The minimum Gasteiger partial charge on any atom is -0.486 e. The fourth-order valence-corrected chi connectivity index (χ4v) is 3.52. The lowest BCUT2D eigenvalue weighted by Crippen LogP contribution is -2.17. The normalized spacial score (nSPS) is 12.5. The van der Waals surface area contributed by atoms with Crippen LogP contribution in [0.1, 0.15) is 11.1 Å². The van der Waals surface area contributed by atoms with Crippen LogP contribution >= 0.6 is 11.8 Å². The number of aromatic nitrogens is 2. The number of hydrogen-bond acceptors (Lipinski definition) is 6. The Bertz CT molecular complexity index is 1040. The van der Waals surface area contributed by atoms with Crippen LogP contribution in [-0.4, -0.2) is 35.1 Å². The minimum absolute atomic E-state index is 0.119. The van der Waals surface area contributed by atoms with Gasteiger partial charge in [-0.1, -0.05) is 23.9 Å². The molecule has 0 saturated carbocycles. The Morgan fingerprint density at radius 3 is 2.55 bits per heavy atom. The van der Waals surface area contributed by atoms with Crippen molar-refractivity contribution in [1.82, 2.24) is 10.2 Å². The van der Waals surface area contributed by atoms with Gasteiger partial charge in [0.2, 0.25) is 5.91 Å². The highest BCUT2D eigenvalue weighted by Gasteiger charge is 2.13. The van der Waals surface area contributed by atoms with Gasteiger partial charge in [0.25, 0.3) is 0 Å².